The Balaban J connectivity index is 2.24. The topological polar surface area (TPSA) is 44.5 Å². The van der Waals surface area contributed by atoms with E-state index in [4.69, 9.17) is 15.2 Å². The van der Waals surface area contributed by atoms with E-state index in [9.17, 15) is 0 Å². The van der Waals surface area contributed by atoms with E-state index in [0.29, 0.717) is 11.8 Å². The molecule has 1 aliphatic rings. The third-order valence-corrected chi connectivity index (χ3v) is 2.29. The molecule has 0 aliphatic heterocycles. The molecule has 1 rings (SSSR count). The van der Waals surface area contributed by atoms with Crippen LogP contribution in [0.3, 0.4) is 0 Å². The van der Waals surface area contributed by atoms with E-state index in [2.05, 4.69) is 0 Å². The number of hydrogen-bond donors (Lipinski definition) is 1. The summed E-state index contributed by atoms with van der Waals surface area (Å²) in [6.45, 7) is 6.19. The SMILES string of the molecule is CCOC(OCC)C1CC1CN. The molecule has 0 radical (unpaired) electrons. The molecule has 1 saturated carbocycles. The smallest absolute Gasteiger partial charge is 0.160 e. The first-order valence-electron chi connectivity index (χ1n) is 4.76. The average Bonchev–Trinajstić information content (AvgIpc) is 2.83. The highest BCUT2D eigenvalue weighted by molar-refractivity contribution is 4.89. The standard InChI is InChI=1S/C9H19NO2/c1-3-11-9(12-4-2)8-5-7(8)6-10/h7-9H,3-6,10H2,1-2H3. The second kappa shape index (κ2) is 4.80. The summed E-state index contributed by atoms with van der Waals surface area (Å²) >= 11 is 0. The molecular weight excluding hydrogens is 154 g/mol. The van der Waals surface area contributed by atoms with Gasteiger partial charge in [-0.3, -0.25) is 0 Å². The quantitative estimate of drug-likeness (QED) is 0.609. The van der Waals surface area contributed by atoms with E-state index in [-0.39, 0.29) is 6.29 Å². The highest BCUT2D eigenvalue weighted by atomic mass is 16.7. The van der Waals surface area contributed by atoms with Crippen molar-refractivity contribution in [2.75, 3.05) is 19.8 Å². The molecule has 72 valence electrons. The minimum absolute atomic E-state index is 0.00597. The van der Waals surface area contributed by atoms with Crippen molar-refractivity contribution in [3.63, 3.8) is 0 Å². The van der Waals surface area contributed by atoms with Gasteiger partial charge < -0.3 is 15.2 Å². The van der Waals surface area contributed by atoms with Gasteiger partial charge in [-0.25, -0.2) is 0 Å². The van der Waals surface area contributed by atoms with Gasteiger partial charge in [0.2, 0.25) is 0 Å². The van der Waals surface area contributed by atoms with Crippen LogP contribution in [0.5, 0.6) is 0 Å². The zero-order valence-electron chi connectivity index (χ0n) is 7.95. The fourth-order valence-electron chi connectivity index (χ4n) is 1.50. The van der Waals surface area contributed by atoms with E-state index in [0.717, 1.165) is 19.8 Å². The van der Waals surface area contributed by atoms with Gasteiger partial charge in [0.25, 0.3) is 0 Å². The zero-order valence-corrected chi connectivity index (χ0v) is 7.95. The van der Waals surface area contributed by atoms with Crippen LogP contribution in [0.1, 0.15) is 20.3 Å². The molecule has 0 saturated heterocycles. The molecule has 1 fully saturated rings. The summed E-state index contributed by atoms with van der Waals surface area (Å²) < 4.78 is 10.9. The van der Waals surface area contributed by atoms with Crippen LogP contribution in [-0.2, 0) is 9.47 Å². The lowest BCUT2D eigenvalue weighted by Crippen LogP contribution is -2.22. The van der Waals surface area contributed by atoms with Crippen LogP contribution in [0.2, 0.25) is 0 Å². The van der Waals surface area contributed by atoms with E-state index < -0.39 is 0 Å². The summed E-state index contributed by atoms with van der Waals surface area (Å²) in [6, 6.07) is 0. The van der Waals surface area contributed by atoms with Gasteiger partial charge in [-0.15, -0.1) is 0 Å². The normalized spacial score (nSPS) is 28.0. The van der Waals surface area contributed by atoms with Crippen molar-refractivity contribution in [2.24, 2.45) is 17.6 Å². The maximum Gasteiger partial charge on any atom is 0.160 e. The molecule has 3 nitrogen and oxygen atoms in total. The Morgan fingerprint density at radius 2 is 1.92 bits per heavy atom. The van der Waals surface area contributed by atoms with Gasteiger partial charge in [0, 0.05) is 19.1 Å². The van der Waals surface area contributed by atoms with Gasteiger partial charge in [0.05, 0.1) is 0 Å². The molecule has 2 unspecified atom stereocenters. The second-order valence-electron chi connectivity index (χ2n) is 3.17. The van der Waals surface area contributed by atoms with Crippen LogP contribution >= 0.6 is 0 Å². The van der Waals surface area contributed by atoms with Crippen molar-refractivity contribution in [1.29, 1.82) is 0 Å². The summed E-state index contributed by atoms with van der Waals surface area (Å²) in [7, 11) is 0. The third-order valence-electron chi connectivity index (χ3n) is 2.29. The number of ether oxygens (including phenoxy) is 2. The van der Waals surface area contributed by atoms with Crippen LogP contribution < -0.4 is 5.73 Å². The Labute approximate surface area is 74.2 Å². The molecule has 2 atom stereocenters. The monoisotopic (exact) mass is 173 g/mol. The summed E-state index contributed by atoms with van der Waals surface area (Å²) in [6.07, 6.45) is 1.16. The van der Waals surface area contributed by atoms with Crippen LogP contribution in [0.15, 0.2) is 0 Å². The van der Waals surface area contributed by atoms with E-state index in [1.54, 1.807) is 0 Å². The molecule has 0 heterocycles. The van der Waals surface area contributed by atoms with Gasteiger partial charge in [-0.2, -0.15) is 0 Å². The van der Waals surface area contributed by atoms with Crippen molar-refractivity contribution >= 4 is 0 Å². The number of nitrogens with two attached hydrogens (primary N) is 1. The fraction of sp³-hybridized carbons (Fsp3) is 1.00. The fourth-order valence-corrected chi connectivity index (χ4v) is 1.50. The van der Waals surface area contributed by atoms with Crippen LogP contribution in [0, 0.1) is 11.8 Å². The first kappa shape index (κ1) is 9.96. The van der Waals surface area contributed by atoms with Gasteiger partial charge in [-0.1, -0.05) is 0 Å². The third kappa shape index (κ3) is 2.44. The molecule has 0 spiro atoms. The molecule has 2 N–H and O–H groups in total. The van der Waals surface area contributed by atoms with Crippen molar-refractivity contribution in [1.82, 2.24) is 0 Å². The summed E-state index contributed by atoms with van der Waals surface area (Å²) in [5.74, 6) is 1.18. The van der Waals surface area contributed by atoms with Crippen LogP contribution in [0.4, 0.5) is 0 Å². The Morgan fingerprint density at radius 3 is 2.25 bits per heavy atom. The maximum atomic E-state index is 5.54. The van der Waals surface area contributed by atoms with Crippen molar-refractivity contribution < 1.29 is 9.47 Å². The molecule has 0 bridgehead atoms. The molecule has 1 aliphatic carbocycles. The summed E-state index contributed by atoms with van der Waals surface area (Å²) in [5.41, 5.74) is 5.54. The molecule has 12 heavy (non-hydrogen) atoms. The predicted octanol–water partition coefficient (Wildman–Crippen LogP) is 0.980. The largest absolute Gasteiger partial charge is 0.353 e. The Bertz CT molecular complexity index is 124. The lowest BCUT2D eigenvalue weighted by molar-refractivity contribution is -0.150. The first-order valence-corrected chi connectivity index (χ1v) is 4.76. The number of hydrogen-bond acceptors (Lipinski definition) is 3. The van der Waals surface area contributed by atoms with Crippen molar-refractivity contribution in [3.05, 3.63) is 0 Å². The molecule has 0 aromatic carbocycles. The van der Waals surface area contributed by atoms with Crippen molar-refractivity contribution in [3.8, 4) is 0 Å². The second-order valence-corrected chi connectivity index (χ2v) is 3.17. The first-order chi connectivity index (χ1) is 5.83. The lowest BCUT2D eigenvalue weighted by Gasteiger charge is -2.16. The average molecular weight is 173 g/mol. The highest BCUT2D eigenvalue weighted by Crippen LogP contribution is 2.41. The Morgan fingerprint density at radius 1 is 1.33 bits per heavy atom. The van der Waals surface area contributed by atoms with Gasteiger partial charge >= 0.3 is 0 Å². The van der Waals surface area contributed by atoms with E-state index in [1.165, 1.54) is 6.42 Å². The van der Waals surface area contributed by atoms with E-state index in [1.807, 2.05) is 13.8 Å². The minimum Gasteiger partial charge on any atom is -0.353 e. The Kier molecular flexibility index (Phi) is 3.98. The van der Waals surface area contributed by atoms with Crippen molar-refractivity contribution in [2.45, 2.75) is 26.6 Å². The molecular formula is C9H19NO2. The van der Waals surface area contributed by atoms with E-state index >= 15 is 0 Å². The maximum absolute atomic E-state index is 5.54. The van der Waals surface area contributed by atoms with Crippen LogP contribution in [-0.4, -0.2) is 26.0 Å². The molecule has 0 aromatic heterocycles. The zero-order chi connectivity index (χ0) is 8.97. The van der Waals surface area contributed by atoms with Crippen LogP contribution in [0.25, 0.3) is 0 Å². The molecule has 0 amide bonds. The predicted molar refractivity (Wildman–Crippen MR) is 47.7 cm³/mol. The lowest BCUT2D eigenvalue weighted by atomic mass is 10.3. The minimum atomic E-state index is -0.00597. The number of rotatable bonds is 6. The van der Waals surface area contributed by atoms with Gasteiger partial charge in [0.15, 0.2) is 6.29 Å². The van der Waals surface area contributed by atoms with Gasteiger partial charge in [-0.05, 0) is 32.7 Å². The highest BCUT2D eigenvalue weighted by Gasteiger charge is 2.43. The molecule has 0 aromatic rings. The van der Waals surface area contributed by atoms with Gasteiger partial charge in [0.1, 0.15) is 0 Å². The molecule has 3 heteroatoms. The summed E-state index contributed by atoms with van der Waals surface area (Å²) in [5, 5.41) is 0. The summed E-state index contributed by atoms with van der Waals surface area (Å²) in [4.78, 5) is 0. The Hall–Kier alpha value is -0.120.